The van der Waals surface area contributed by atoms with Gasteiger partial charge in [-0.1, -0.05) is 18.9 Å². The third-order valence-electron chi connectivity index (χ3n) is 6.40. The first-order chi connectivity index (χ1) is 15.5. The van der Waals surface area contributed by atoms with Crippen molar-refractivity contribution in [3.63, 3.8) is 0 Å². The second-order valence-electron chi connectivity index (χ2n) is 8.79. The predicted octanol–water partition coefficient (Wildman–Crippen LogP) is 2.84. The van der Waals surface area contributed by atoms with Crippen LogP contribution in [0.3, 0.4) is 0 Å². The SMILES string of the molecule is COc1cccc2[nH]c(C(=O)NC(CC3CC3)C(=O)NC(C#N)CC3CCCC3=O)cc12. The highest BCUT2D eigenvalue weighted by molar-refractivity contribution is 6.01. The second-order valence-corrected chi connectivity index (χ2v) is 8.79. The highest BCUT2D eigenvalue weighted by Crippen LogP contribution is 2.34. The van der Waals surface area contributed by atoms with Gasteiger partial charge in [0.05, 0.1) is 13.2 Å². The number of nitrogens with one attached hydrogen (secondary N) is 3. The fourth-order valence-electron chi connectivity index (χ4n) is 4.42. The van der Waals surface area contributed by atoms with Gasteiger partial charge >= 0.3 is 0 Å². The number of aromatic amines is 1. The van der Waals surface area contributed by atoms with Crippen LogP contribution in [-0.2, 0) is 9.59 Å². The van der Waals surface area contributed by atoms with E-state index in [1.165, 1.54) is 0 Å². The lowest BCUT2D eigenvalue weighted by Crippen LogP contribution is -2.50. The number of aromatic nitrogens is 1. The lowest BCUT2D eigenvalue weighted by Gasteiger charge is -2.21. The van der Waals surface area contributed by atoms with E-state index in [1.807, 2.05) is 18.2 Å². The molecule has 168 valence electrons. The van der Waals surface area contributed by atoms with Crippen molar-refractivity contribution in [2.75, 3.05) is 7.11 Å². The molecule has 2 aromatic rings. The zero-order chi connectivity index (χ0) is 22.7. The summed E-state index contributed by atoms with van der Waals surface area (Å²) in [5.74, 6) is 0.281. The molecule has 2 aliphatic carbocycles. The largest absolute Gasteiger partial charge is 0.496 e. The summed E-state index contributed by atoms with van der Waals surface area (Å²) < 4.78 is 5.35. The molecule has 3 N–H and O–H groups in total. The molecule has 3 unspecified atom stereocenters. The van der Waals surface area contributed by atoms with Crippen LogP contribution in [0.5, 0.6) is 5.75 Å². The average molecular weight is 437 g/mol. The van der Waals surface area contributed by atoms with Crippen LogP contribution in [0.15, 0.2) is 24.3 Å². The molecule has 2 aliphatic rings. The number of nitriles is 1. The normalized spacial score (nSPS) is 19.9. The van der Waals surface area contributed by atoms with E-state index in [4.69, 9.17) is 4.74 Å². The summed E-state index contributed by atoms with van der Waals surface area (Å²) in [4.78, 5) is 40.9. The minimum Gasteiger partial charge on any atom is -0.496 e. The van der Waals surface area contributed by atoms with Crippen molar-refractivity contribution in [3.8, 4) is 11.8 Å². The molecule has 0 aliphatic heterocycles. The number of nitrogens with zero attached hydrogens (tertiary/aromatic N) is 1. The van der Waals surface area contributed by atoms with Gasteiger partial charge in [0, 0.05) is 23.2 Å². The van der Waals surface area contributed by atoms with Gasteiger partial charge in [-0.3, -0.25) is 14.4 Å². The third kappa shape index (κ3) is 4.93. The van der Waals surface area contributed by atoms with Crippen molar-refractivity contribution < 1.29 is 19.1 Å². The molecule has 0 bridgehead atoms. The summed E-state index contributed by atoms with van der Waals surface area (Å²) in [7, 11) is 1.57. The molecular weight excluding hydrogens is 408 g/mol. The first-order valence-electron chi connectivity index (χ1n) is 11.2. The van der Waals surface area contributed by atoms with Crippen molar-refractivity contribution in [2.45, 2.75) is 57.0 Å². The summed E-state index contributed by atoms with van der Waals surface area (Å²) >= 11 is 0. The molecule has 0 spiro atoms. The van der Waals surface area contributed by atoms with Gasteiger partial charge in [0.25, 0.3) is 5.91 Å². The Morgan fingerprint density at radius 3 is 2.72 bits per heavy atom. The summed E-state index contributed by atoms with van der Waals surface area (Å²) in [5.41, 5.74) is 1.11. The van der Waals surface area contributed by atoms with Gasteiger partial charge in [0.1, 0.15) is 29.3 Å². The molecule has 2 saturated carbocycles. The lowest BCUT2D eigenvalue weighted by molar-refractivity contribution is -0.124. The van der Waals surface area contributed by atoms with Crippen LogP contribution in [0, 0.1) is 23.2 Å². The van der Waals surface area contributed by atoms with E-state index >= 15 is 0 Å². The maximum atomic E-state index is 13.0. The Kier molecular flexibility index (Phi) is 6.45. The summed E-state index contributed by atoms with van der Waals surface area (Å²) in [6.45, 7) is 0. The predicted molar refractivity (Wildman–Crippen MR) is 118 cm³/mol. The first kappa shape index (κ1) is 21.9. The van der Waals surface area contributed by atoms with E-state index < -0.39 is 12.1 Å². The zero-order valence-corrected chi connectivity index (χ0v) is 18.1. The van der Waals surface area contributed by atoms with Crippen LogP contribution in [0.2, 0.25) is 0 Å². The molecule has 1 aromatic carbocycles. The molecule has 32 heavy (non-hydrogen) atoms. The van der Waals surface area contributed by atoms with Crippen LogP contribution >= 0.6 is 0 Å². The highest BCUT2D eigenvalue weighted by atomic mass is 16.5. The quantitative estimate of drug-likeness (QED) is 0.558. The van der Waals surface area contributed by atoms with Crippen molar-refractivity contribution in [1.29, 1.82) is 5.26 Å². The number of H-pyrrole nitrogens is 1. The van der Waals surface area contributed by atoms with Gasteiger partial charge in [-0.15, -0.1) is 0 Å². The second kappa shape index (κ2) is 9.43. The molecule has 2 amide bonds. The number of fused-ring (bicyclic) bond motifs is 1. The van der Waals surface area contributed by atoms with Gasteiger partial charge in [0.2, 0.25) is 5.91 Å². The first-order valence-corrected chi connectivity index (χ1v) is 11.2. The maximum Gasteiger partial charge on any atom is 0.268 e. The Balaban J connectivity index is 1.44. The van der Waals surface area contributed by atoms with E-state index in [0.717, 1.165) is 36.6 Å². The number of hydrogen-bond acceptors (Lipinski definition) is 5. The lowest BCUT2D eigenvalue weighted by atomic mass is 9.97. The Hall–Kier alpha value is -3.34. The van der Waals surface area contributed by atoms with E-state index in [1.54, 1.807) is 13.2 Å². The minimum absolute atomic E-state index is 0.163. The van der Waals surface area contributed by atoms with Crippen molar-refractivity contribution >= 4 is 28.5 Å². The van der Waals surface area contributed by atoms with Crippen LogP contribution < -0.4 is 15.4 Å². The smallest absolute Gasteiger partial charge is 0.268 e. The Morgan fingerprint density at radius 2 is 2.06 bits per heavy atom. The van der Waals surface area contributed by atoms with Crippen LogP contribution in [-0.4, -0.2) is 41.8 Å². The monoisotopic (exact) mass is 436 g/mol. The minimum atomic E-state index is -0.745. The van der Waals surface area contributed by atoms with E-state index in [2.05, 4.69) is 21.7 Å². The number of benzene rings is 1. The number of carbonyl (C=O) groups is 3. The van der Waals surface area contributed by atoms with Crippen molar-refractivity contribution in [2.24, 2.45) is 11.8 Å². The fraction of sp³-hybridized carbons (Fsp3) is 0.500. The standard InChI is InChI=1S/C24H28N4O4/c1-32-22-7-3-5-18-17(22)12-20(27-18)24(31)28-19(10-14-8-9-14)23(30)26-16(13-25)11-15-4-2-6-21(15)29/h3,5,7,12,14-16,19,27H,2,4,6,8-11H2,1H3,(H,26,30)(H,28,31). The average Bonchev–Trinajstić information content (AvgIpc) is 3.35. The molecule has 1 aromatic heterocycles. The van der Waals surface area contributed by atoms with Gasteiger partial charge in [-0.05, 0) is 49.8 Å². The molecular formula is C24H28N4O4. The number of hydrogen-bond donors (Lipinski definition) is 3. The maximum absolute atomic E-state index is 13.0. The molecule has 0 radical (unpaired) electrons. The molecule has 8 heteroatoms. The molecule has 1 heterocycles. The topological polar surface area (TPSA) is 124 Å². The Morgan fingerprint density at radius 1 is 1.25 bits per heavy atom. The van der Waals surface area contributed by atoms with Gasteiger partial charge < -0.3 is 20.4 Å². The van der Waals surface area contributed by atoms with Crippen molar-refractivity contribution in [3.05, 3.63) is 30.0 Å². The summed E-state index contributed by atoms with van der Waals surface area (Å²) in [6, 6.07) is 7.83. The van der Waals surface area contributed by atoms with E-state index in [-0.39, 0.29) is 23.5 Å². The highest BCUT2D eigenvalue weighted by Gasteiger charge is 2.33. The van der Waals surface area contributed by atoms with E-state index in [0.29, 0.717) is 36.6 Å². The number of amides is 2. The summed E-state index contributed by atoms with van der Waals surface area (Å²) in [5, 5.41) is 15.9. The number of methoxy groups -OCH3 is 1. The molecule has 2 fully saturated rings. The zero-order valence-electron chi connectivity index (χ0n) is 18.1. The van der Waals surface area contributed by atoms with E-state index in [9.17, 15) is 19.6 Å². The summed E-state index contributed by atoms with van der Waals surface area (Å²) in [6.07, 6.45) is 5.06. The van der Waals surface area contributed by atoms with Crippen LogP contribution in [0.1, 0.15) is 55.4 Å². The molecule has 0 saturated heterocycles. The number of carbonyl (C=O) groups excluding carboxylic acids is 3. The van der Waals surface area contributed by atoms with Crippen molar-refractivity contribution in [1.82, 2.24) is 15.6 Å². The van der Waals surface area contributed by atoms with Gasteiger partial charge in [-0.2, -0.15) is 5.26 Å². The number of ketones is 1. The van der Waals surface area contributed by atoms with Gasteiger partial charge in [-0.25, -0.2) is 0 Å². The molecule has 4 rings (SSSR count). The van der Waals surface area contributed by atoms with Crippen LogP contribution in [0.4, 0.5) is 0 Å². The van der Waals surface area contributed by atoms with Gasteiger partial charge in [0.15, 0.2) is 0 Å². The Labute approximate surface area is 186 Å². The Bertz CT molecular complexity index is 1070. The number of rotatable bonds is 9. The number of ether oxygens (including phenoxy) is 1. The molecule has 8 nitrogen and oxygen atoms in total. The molecule has 3 atom stereocenters. The van der Waals surface area contributed by atoms with Crippen LogP contribution in [0.25, 0.3) is 10.9 Å². The third-order valence-corrected chi connectivity index (χ3v) is 6.40. The number of Topliss-reactive ketones (excluding diaryl/α,β-unsaturated/α-hetero) is 1. The fourth-order valence-corrected chi connectivity index (χ4v) is 4.42.